The molecule has 0 aliphatic heterocycles. The van der Waals surface area contributed by atoms with Crippen molar-refractivity contribution in [3.8, 4) is 11.9 Å². The Labute approximate surface area is 109 Å². The first-order valence-corrected chi connectivity index (χ1v) is 5.57. The van der Waals surface area contributed by atoms with Crippen LogP contribution in [0.1, 0.15) is 16.8 Å². The SMILES string of the molecule is Cc1nnc(Oc2ncn(C)n2)c(C(N)=S)c1C. The van der Waals surface area contributed by atoms with E-state index in [4.69, 9.17) is 22.7 Å². The van der Waals surface area contributed by atoms with Crippen LogP contribution >= 0.6 is 12.2 Å². The number of nitrogens with zero attached hydrogens (tertiary/aromatic N) is 5. The van der Waals surface area contributed by atoms with Crippen LogP contribution in [0.25, 0.3) is 0 Å². The van der Waals surface area contributed by atoms with E-state index in [1.165, 1.54) is 11.0 Å². The summed E-state index contributed by atoms with van der Waals surface area (Å²) in [4.78, 5) is 4.15. The summed E-state index contributed by atoms with van der Waals surface area (Å²) in [5.74, 6) is 0.219. The molecule has 0 atom stereocenters. The molecule has 7 nitrogen and oxygen atoms in total. The zero-order valence-corrected chi connectivity index (χ0v) is 11.0. The van der Waals surface area contributed by atoms with Gasteiger partial charge in [0.2, 0.25) is 0 Å². The predicted octanol–water partition coefficient (Wildman–Crippen LogP) is 0.648. The average Bonchev–Trinajstić information content (AvgIpc) is 2.69. The van der Waals surface area contributed by atoms with E-state index in [9.17, 15) is 0 Å². The molecule has 0 fully saturated rings. The van der Waals surface area contributed by atoms with Crippen molar-refractivity contribution in [3.63, 3.8) is 0 Å². The van der Waals surface area contributed by atoms with Crippen molar-refractivity contribution >= 4 is 17.2 Å². The third-order valence-corrected chi connectivity index (χ3v) is 2.64. The maximum atomic E-state index is 5.68. The van der Waals surface area contributed by atoms with Gasteiger partial charge < -0.3 is 10.5 Å². The molecule has 18 heavy (non-hydrogen) atoms. The molecule has 0 aromatic carbocycles. The molecule has 2 rings (SSSR count). The van der Waals surface area contributed by atoms with Gasteiger partial charge in [-0.3, -0.25) is 4.68 Å². The van der Waals surface area contributed by atoms with Crippen LogP contribution in [0.15, 0.2) is 6.33 Å². The zero-order chi connectivity index (χ0) is 13.3. The monoisotopic (exact) mass is 264 g/mol. The summed E-state index contributed by atoms with van der Waals surface area (Å²) in [6, 6.07) is 0.174. The van der Waals surface area contributed by atoms with E-state index in [-0.39, 0.29) is 16.9 Å². The second kappa shape index (κ2) is 4.65. The highest BCUT2D eigenvalue weighted by Crippen LogP contribution is 2.23. The standard InChI is InChI=1S/C10H12N6OS/c1-5-6(2)13-14-9(7(5)8(11)18)17-10-12-4-16(3)15-10/h4H,1-3H3,(H2,11,18). The largest absolute Gasteiger partial charge is 0.402 e. The molecule has 0 spiro atoms. The Morgan fingerprint density at radius 2 is 2.11 bits per heavy atom. The van der Waals surface area contributed by atoms with E-state index in [0.29, 0.717) is 5.56 Å². The molecule has 2 aromatic heterocycles. The minimum absolute atomic E-state index is 0.174. The molecule has 0 amide bonds. The van der Waals surface area contributed by atoms with Gasteiger partial charge in [0.25, 0.3) is 5.88 Å². The summed E-state index contributed by atoms with van der Waals surface area (Å²) in [5.41, 5.74) is 7.83. The van der Waals surface area contributed by atoms with Crippen LogP contribution in [0.3, 0.4) is 0 Å². The van der Waals surface area contributed by atoms with Crippen LogP contribution in [0, 0.1) is 13.8 Å². The quantitative estimate of drug-likeness (QED) is 0.813. The molecule has 0 unspecified atom stereocenters. The van der Waals surface area contributed by atoms with Gasteiger partial charge in [-0.2, -0.15) is 10.1 Å². The van der Waals surface area contributed by atoms with Crippen molar-refractivity contribution in [1.29, 1.82) is 0 Å². The number of nitrogens with two attached hydrogens (primary N) is 1. The molecule has 2 heterocycles. The minimum atomic E-state index is 0.174. The molecule has 0 bridgehead atoms. The fourth-order valence-electron chi connectivity index (χ4n) is 1.40. The van der Waals surface area contributed by atoms with Crippen molar-refractivity contribution in [3.05, 3.63) is 23.1 Å². The first-order chi connectivity index (χ1) is 8.49. The fourth-order valence-corrected chi connectivity index (χ4v) is 1.64. The van der Waals surface area contributed by atoms with E-state index in [0.717, 1.165) is 11.3 Å². The highest BCUT2D eigenvalue weighted by atomic mass is 32.1. The molecule has 94 valence electrons. The Bertz CT molecular complexity index is 608. The number of ether oxygens (including phenoxy) is 1. The normalized spacial score (nSPS) is 10.4. The van der Waals surface area contributed by atoms with Crippen molar-refractivity contribution in [2.24, 2.45) is 12.8 Å². The molecule has 2 aromatic rings. The van der Waals surface area contributed by atoms with Gasteiger partial charge >= 0.3 is 6.01 Å². The number of aromatic nitrogens is 5. The molecule has 0 aliphatic carbocycles. The lowest BCUT2D eigenvalue weighted by Crippen LogP contribution is -2.15. The van der Waals surface area contributed by atoms with Gasteiger partial charge in [-0.15, -0.1) is 10.2 Å². The van der Waals surface area contributed by atoms with Gasteiger partial charge in [0, 0.05) is 7.05 Å². The Morgan fingerprint density at radius 3 is 2.67 bits per heavy atom. The highest BCUT2D eigenvalue weighted by molar-refractivity contribution is 7.80. The van der Waals surface area contributed by atoms with E-state index >= 15 is 0 Å². The van der Waals surface area contributed by atoms with Crippen LogP contribution in [-0.4, -0.2) is 30.0 Å². The lowest BCUT2D eigenvalue weighted by atomic mass is 10.1. The zero-order valence-electron chi connectivity index (χ0n) is 10.2. The van der Waals surface area contributed by atoms with Gasteiger partial charge in [-0.25, -0.2) is 0 Å². The summed E-state index contributed by atoms with van der Waals surface area (Å²) >= 11 is 5.00. The summed E-state index contributed by atoms with van der Waals surface area (Å²) in [5, 5.41) is 11.9. The maximum absolute atomic E-state index is 5.68. The molecule has 0 aliphatic rings. The Kier molecular flexibility index (Phi) is 3.19. The molecule has 0 radical (unpaired) electrons. The lowest BCUT2D eigenvalue weighted by Gasteiger charge is -2.09. The predicted molar refractivity (Wildman–Crippen MR) is 68.5 cm³/mol. The van der Waals surface area contributed by atoms with Crippen molar-refractivity contribution in [2.75, 3.05) is 0 Å². The first-order valence-electron chi connectivity index (χ1n) is 5.16. The summed E-state index contributed by atoms with van der Waals surface area (Å²) in [7, 11) is 1.74. The van der Waals surface area contributed by atoms with Crippen LogP contribution < -0.4 is 10.5 Å². The van der Waals surface area contributed by atoms with Crippen LogP contribution in [0.2, 0.25) is 0 Å². The van der Waals surface area contributed by atoms with Crippen LogP contribution in [0.4, 0.5) is 0 Å². The molecular formula is C10H12N6OS. The van der Waals surface area contributed by atoms with E-state index in [1.807, 2.05) is 13.8 Å². The van der Waals surface area contributed by atoms with Gasteiger partial charge in [-0.1, -0.05) is 12.2 Å². The number of aryl methyl sites for hydroxylation is 2. The molecule has 8 heteroatoms. The maximum Gasteiger partial charge on any atom is 0.342 e. The molecule has 2 N–H and O–H groups in total. The lowest BCUT2D eigenvalue weighted by molar-refractivity contribution is 0.414. The van der Waals surface area contributed by atoms with Gasteiger partial charge in [0.05, 0.1) is 11.3 Å². The topological polar surface area (TPSA) is 91.7 Å². The van der Waals surface area contributed by atoms with Gasteiger partial charge in [0.15, 0.2) is 0 Å². The van der Waals surface area contributed by atoms with Gasteiger partial charge in [-0.05, 0) is 19.4 Å². The second-order valence-electron chi connectivity index (χ2n) is 3.76. The Morgan fingerprint density at radius 1 is 1.39 bits per heavy atom. The molecule has 0 saturated heterocycles. The van der Waals surface area contributed by atoms with Crippen molar-refractivity contribution in [2.45, 2.75) is 13.8 Å². The smallest absolute Gasteiger partial charge is 0.342 e. The number of hydrogen-bond donors (Lipinski definition) is 1. The number of rotatable bonds is 3. The number of hydrogen-bond acceptors (Lipinski definition) is 6. The van der Waals surface area contributed by atoms with E-state index in [1.54, 1.807) is 7.05 Å². The van der Waals surface area contributed by atoms with Crippen LogP contribution in [-0.2, 0) is 7.05 Å². The van der Waals surface area contributed by atoms with E-state index < -0.39 is 0 Å². The number of thiocarbonyl (C=S) groups is 1. The molecular weight excluding hydrogens is 252 g/mol. The van der Waals surface area contributed by atoms with E-state index in [2.05, 4.69) is 20.3 Å². The van der Waals surface area contributed by atoms with Crippen molar-refractivity contribution < 1.29 is 4.74 Å². The first kappa shape index (κ1) is 12.4. The minimum Gasteiger partial charge on any atom is -0.402 e. The fraction of sp³-hybridized carbons (Fsp3) is 0.300. The highest BCUT2D eigenvalue weighted by Gasteiger charge is 2.16. The summed E-state index contributed by atoms with van der Waals surface area (Å²) < 4.78 is 6.96. The second-order valence-corrected chi connectivity index (χ2v) is 4.20. The van der Waals surface area contributed by atoms with Crippen molar-refractivity contribution in [1.82, 2.24) is 25.0 Å². The summed E-state index contributed by atoms with van der Waals surface area (Å²) in [6.45, 7) is 3.68. The Balaban J connectivity index is 2.44. The third kappa shape index (κ3) is 2.28. The van der Waals surface area contributed by atoms with Crippen LogP contribution in [0.5, 0.6) is 11.9 Å². The van der Waals surface area contributed by atoms with Gasteiger partial charge in [0.1, 0.15) is 11.3 Å². The average molecular weight is 264 g/mol. The Hall–Kier alpha value is -2.09. The third-order valence-electron chi connectivity index (χ3n) is 2.44. The summed E-state index contributed by atoms with van der Waals surface area (Å²) in [6.07, 6.45) is 1.52. The molecule has 0 saturated carbocycles.